The second kappa shape index (κ2) is 13.2. The number of β-lactam (4-membered cyclic amide) rings is 1. The van der Waals surface area contributed by atoms with Crippen LogP contribution in [-0.4, -0.2) is 80.4 Å². The van der Waals surface area contributed by atoms with Gasteiger partial charge in [-0.25, -0.2) is 8.42 Å². The van der Waals surface area contributed by atoms with Crippen molar-refractivity contribution in [2.45, 2.75) is 24.9 Å². The van der Waals surface area contributed by atoms with Crippen LogP contribution in [-0.2, 0) is 35.9 Å². The van der Waals surface area contributed by atoms with Gasteiger partial charge in [0.25, 0.3) is 11.8 Å². The topological polar surface area (TPSA) is 236 Å². The zero-order valence-corrected chi connectivity index (χ0v) is 25.5. The van der Waals surface area contributed by atoms with E-state index in [0.717, 1.165) is 16.4 Å². The van der Waals surface area contributed by atoms with Crippen LogP contribution in [0.5, 0.6) is 0 Å². The fourth-order valence-corrected chi connectivity index (χ4v) is 5.88. The molecule has 1 unspecified atom stereocenters. The summed E-state index contributed by atoms with van der Waals surface area (Å²) in [5.74, 6) is -3.75. The Morgan fingerprint density at radius 1 is 1.40 bits per heavy atom. The smallest absolute Gasteiger partial charge is 0.747 e. The number of hydrogen-bond donors (Lipinski definition) is 3. The van der Waals surface area contributed by atoms with Gasteiger partial charge in [0.2, 0.25) is 11.5 Å². The van der Waals surface area contributed by atoms with E-state index in [-0.39, 0.29) is 70.8 Å². The number of fused-ring (bicyclic) bond motifs is 1. The monoisotopic (exact) mass is 620 g/mol. The number of pyridine rings is 1. The van der Waals surface area contributed by atoms with Crippen LogP contribution in [0.4, 0.5) is 10.8 Å². The number of carboxylic acid groups (broad SMARTS) is 1. The van der Waals surface area contributed by atoms with Crippen molar-refractivity contribution in [2.75, 3.05) is 29.3 Å². The molecule has 4 heterocycles. The summed E-state index contributed by atoms with van der Waals surface area (Å²) in [6.45, 7) is 1.84. The molecule has 1 saturated heterocycles. The third-order valence-corrected chi connectivity index (χ3v) is 7.75. The molecule has 16 nitrogen and oxygen atoms in total. The summed E-state index contributed by atoms with van der Waals surface area (Å²) < 4.78 is 38.2. The van der Waals surface area contributed by atoms with Crippen molar-refractivity contribution in [2.24, 2.45) is 5.16 Å². The Bertz CT molecular complexity index is 1480. The summed E-state index contributed by atoms with van der Waals surface area (Å²) >= 11 is 2.08. The molecule has 1 fully saturated rings. The van der Waals surface area contributed by atoms with Crippen LogP contribution in [0.15, 0.2) is 41.0 Å². The van der Waals surface area contributed by atoms with Crippen molar-refractivity contribution in [3.63, 3.8) is 0 Å². The molecule has 0 radical (unpaired) electrons. The second-order valence-electron chi connectivity index (χ2n) is 8.06. The van der Waals surface area contributed by atoms with Crippen molar-refractivity contribution < 1.29 is 71.4 Å². The van der Waals surface area contributed by atoms with Crippen molar-refractivity contribution in [3.8, 4) is 0 Å². The first kappa shape index (κ1) is 31.7. The summed E-state index contributed by atoms with van der Waals surface area (Å²) in [6.07, 6.45) is 3.09. The molecule has 0 aromatic carbocycles. The molecule has 0 aliphatic carbocycles. The number of carbonyl (C=O) groups excluding carboxylic acids is 3. The van der Waals surface area contributed by atoms with Gasteiger partial charge in [-0.2, -0.15) is 13.9 Å². The zero-order chi connectivity index (χ0) is 28.3. The Labute approximate surface area is 258 Å². The van der Waals surface area contributed by atoms with Crippen LogP contribution in [0, 0.1) is 0 Å². The van der Waals surface area contributed by atoms with E-state index in [0.29, 0.717) is 11.3 Å². The molecule has 4 N–H and O–H groups in total. The van der Waals surface area contributed by atoms with Gasteiger partial charge in [-0.3, -0.25) is 14.5 Å². The summed E-state index contributed by atoms with van der Waals surface area (Å²) in [5.41, 5.74) is 5.65. The average Bonchev–Trinajstić information content (AvgIpc) is 3.31. The number of carboxylic acids is 1. The van der Waals surface area contributed by atoms with Crippen LogP contribution in [0.3, 0.4) is 0 Å². The van der Waals surface area contributed by atoms with Gasteiger partial charge >= 0.3 is 29.6 Å². The van der Waals surface area contributed by atoms with Gasteiger partial charge in [-0.05, 0) is 13.0 Å². The van der Waals surface area contributed by atoms with Crippen molar-refractivity contribution >= 4 is 67.7 Å². The Morgan fingerprint density at radius 3 is 2.77 bits per heavy atom. The number of anilines is 2. The first-order valence-electron chi connectivity index (χ1n) is 11.1. The van der Waals surface area contributed by atoms with Crippen LogP contribution in [0.2, 0.25) is 0 Å². The normalized spacial score (nSPS) is 18.8. The molecule has 0 bridgehead atoms. The van der Waals surface area contributed by atoms with Gasteiger partial charge in [-0.1, -0.05) is 5.16 Å². The third kappa shape index (κ3) is 7.28. The van der Waals surface area contributed by atoms with E-state index < -0.39 is 45.2 Å². The minimum atomic E-state index is -4.50. The van der Waals surface area contributed by atoms with Crippen LogP contribution in [0.25, 0.3) is 0 Å². The molecule has 4 rings (SSSR count). The van der Waals surface area contributed by atoms with E-state index in [9.17, 15) is 32.5 Å². The maximum Gasteiger partial charge on any atom is 1.00 e. The first-order valence-corrected chi connectivity index (χ1v) is 14.5. The molecule has 208 valence electrons. The van der Waals surface area contributed by atoms with E-state index in [2.05, 4.69) is 25.1 Å². The number of aliphatic carboxylic acids is 1. The van der Waals surface area contributed by atoms with E-state index in [1.165, 1.54) is 24.0 Å². The van der Waals surface area contributed by atoms with Crippen molar-refractivity contribution in [1.29, 1.82) is 0 Å². The summed E-state index contributed by atoms with van der Waals surface area (Å²) in [7, 11) is -4.50. The van der Waals surface area contributed by atoms with Crippen molar-refractivity contribution in [3.05, 3.63) is 41.6 Å². The predicted molar refractivity (Wildman–Crippen MR) is 134 cm³/mol. The number of thioether (sulfide) groups is 1. The number of hydrogen-bond acceptors (Lipinski definition) is 15. The largest absolute Gasteiger partial charge is 1.00 e. The quantitative estimate of drug-likeness (QED) is 0.0531. The fraction of sp³-hybridized carbons (Fsp3) is 0.350. The van der Waals surface area contributed by atoms with Gasteiger partial charge < -0.3 is 35.7 Å². The Morgan fingerprint density at radius 2 is 2.15 bits per heavy atom. The molecule has 2 atom stereocenters. The molecule has 20 heteroatoms. The summed E-state index contributed by atoms with van der Waals surface area (Å²) in [5, 5.41) is 20.2. The fourth-order valence-electron chi connectivity index (χ4n) is 3.76. The Balaban J connectivity index is 0.00000441. The maximum absolute atomic E-state index is 13.0. The molecule has 2 aliphatic heterocycles. The molecule has 0 saturated carbocycles. The number of nitrogens with two attached hydrogens (primary N) is 1. The molecule has 2 aromatic rings. The minimum absolute atomic E-state index is 0. The van der Waals surface area contributed by atoms with E-state index in [4.69, 9.17) is 10.6 Å². The van der Waals surface area contributed by atoms with Crippen LogP contribution >= 0.6 is 23.3 Å². The Hall–Kier alpha value is -2.81. The molecular formula is C20H21N8NaO8S3. The standard InChI is InChI=1S/C20H22N8O8S3.Na/c1-2-36-25-12(15-24-20(21)38-26-15)16(29)23-13-17(30)28-14(19(31)32)10(8-37-18(13)28)6-27-5-3-4-11(7-27)22-9-39(33,34)35;/h3-5,7,13,18,22H,2,6,8-9H2,1H3,(H4-,21,23,24,26,29,31,32,33,34,35);/q;+1/p-1/t13?,18-;/m0./s1. The van der Waals surface area contributed by atoms with Gasteiger partial charge in [0.1, 0.15) is 34.0 Å². The van der Waals surface area contributed by atoms with Gasteiger partial charge in [0, 0.05) is 28.9 Å². The average molecular weight is 621 g/mol. The number of nitrogens with one attached hydrogen (secondary N) is 2. The first-order chi connectivity index (χ1) is 18.5. The van der Waals surface area contributed by atoms with Crippen molar-refractivity contribution in [1.82, 2.24) is 19.6 Å². The third-order valence-electron chi connectivity index (χ3n) is 5.37. The number of oxime groups is 1. The van der Waals surface area contributed by atoms with E-state index in [1.807, 2.05) is 0 Å². The molecule has 2 amide bonds. The molecular weight excluding hydrogens is 599 g/mol. The zero-order valence-electron chi connectivity index (χ0n) is 21.1. The van der Waals surface area contributed by atoms with Gasteiger partial charge in [0.05, 0.1) is 17.4 Å². The Kier molecular flexibility index (Phi) is 10.5. The molecule has 40 heavy (non-hydrogen) atoms. The van der Waals surface area contributed by atoms with E-state index >= 15 is 0 Å². The van der Waals surface area contributed by atoms with Gasteiger partial charge in [0.15, 0.2) is 24.1 Å². The minimum Gasteiger partial charge on any atom is -0.747 e. The number of rotatable bonds is 11. The van der Waals surface area contributed by atoms with E-state index in [1.54, 1.807) is 23.8 Å². The molecule has 2 aliphatic rings. The second-order valence-corrected chi connectivity index (χ2v) is 11.4. The predicted octanol–water partition coefficient (Wildman–Crippen LogP) is -5.83. The summed E-state index contributed by atoms with van der Waals surface area (Å²) in [4.78, 5) is 47.9. The number of aromatic nitrogens is 3. The summed E-state index contributed by atoms with van der Waals surface area (Å²) in [6, 6.07) is 2.05. The number of nitrogens with zero attached hydrogens (tertiary/aromatic N) is 5. The molecule has 2 aromatic heterocycles. The number of nitrogen functional groups attached to an aromatic ring is 1. The SMILES string of the molecule is CCON=C(C(=O)NC1C(=O)N2C(C(=O)[O-])=C(C[n+]3cccc(NCS(=O)(=O)[O-])c3)CS[C@@H]12)c1nsc(N)n1.[Na+]. The maximum atomic E-state index is 13.0. The van der Waals surface area contributed by atoms with Gasteiger partial charge in [-0.15, -0.1) is 11.8 Å². The number of amides is 2. The van der Waals surface area contributed by atoms with Crippen LogP contribution < -0.4 is 55.6 Å². The number of carbonyl (C=O) groups is 3. The van der Waals surface area contributed by atoms with Crippen LogP contribution in [0.1, 0.15) is 12.7 Å². The molecule has 0 spiro atoms.